The molecule has 2 N–H and O–H groups in total. The summed E-state index contributed by atoms with van der Waals surface area (Å²) in [4.78, 5) is 34.9. The number of carbonyl (C=O) groups is 2. The van der Waals surface area contributed by atoms with E-state index >= 15 is 0 Å². The van der Waals surface area contributed by atoms with Gasteiger partial charge in [-0.1, -0.05) is 11.3 Å². The van der Waals surface area contributed by atoms with Crippen molar-refractivity contribution in [3.05, 3.63) is 28.8 Å². The average Bonchev–Trinajstić information content (AvgIpc) is 3.08. The summed E-state index contributed by atoms with van der Waals surface area (Å²) in [6.07, 6.45) is 4.13. The second kappa shape index (κ2) is 6.98. The maximum Gasteiger partial charge on any atom is 0.358 e. The summed E-state index contributed by atoms with van der Waals surface area (Å²) in [5.41, 5.74) is 0.0786. The number of carbonyl (C=O) groups excluding carboxylic acids is 2. The van der Waals surface area contributed by atoms with Gasteiger partial charge in [-0.15, -0.1) is 0 Å². The van der Waals surface area contributed by atoms with Crippen molar-refractivity contribution in [1.82, 2.24) is 15.0 Å². The Balaban J connectivity index is 2.04. The molecule has 0 fully saturated rings. The lowest BCUT2D eigenvalue weighted by atomic mass is 10.3. The molecule has 112 valence electrons. The minimum absolute atomic E-state index is 0.0786. The van der Waals surface area contributed by atoms with Crippen molar-refractivity contribution in [2.24, 2.45) is 0 Å². The van der Waals surface area contributed by atoms with E-state index in [9.17, 15) is 9.59 Å². The fourth-order valence-corrected chi connectivity index (χ4v) is 2.57. The number of esters is 1. The van der Waals surface area contributed by atoms with Crippen LogP contribution >= 0.6 is 11.3 Å². The van der Waals surface area contributed by atoms with Crippen LogP contribution in [0, 0.1) is 0 Å². The summed E-state index contributed by atoms with van der Waals surface area (Å²) in [6.45, 7) is 3.96. The predicted octanol–water partition coefficient (Wildman–Crippen LogP) is 1.90. The molecule has 0 aliphatic heterocycles. The highest BCUT2D eigenvalue weighted by atomic mass is 32.1. The van der Waals surface area contributed by atoms with E-state index < -0.39 is 5.97 Å². The van der Waals surface area contributed by atoms with Crippen LogP contribution in [0.5, 0.6) is 0 Å². The van der Waals surface area contributed by atoms with Crippen molar-refractivity contribution < 1.29 is 14.3 Å². The first-order valence-corrected chi connectivity index (χ1v) is 7.34. The van der Waals surface area contributed by atoms with Crippen molar-refractivity contribution in [3.63, 3.8) is 0 Å². The van der Waals surface area contributed by atoms with Crippen LogP contribution in [0.4, 0.5) is 5.13 Å². The number of aromatic nitrogens is 3. The number of ketones is 1. The summed E-state index contributed by atoms with van der Waals surface area (Å²) < 4.78 is 4.91. The standard InChI is InChI=1S/C13H16N4O3S/c1-3-20-12(19)10-11(8(2)18)21-13(17-10)16-5-4-9-14-6-7-15-9/h6-7H,3-5H2,1-2H3,(H,14,15)(H,16,17). The topological polar surface area (TPSA) is 97.0 Å². The van der Waals surface area contributed by atoms with E-state index in [-0.39, 0.29) is 18.1 Å². The van der Waals surface area contributed by atoms with E-state index in [0.29, 0.717) is 23.0 Å². The van der Waals surface area contributed by atoms with Crippen LogP contribution < -0.4 is 5.32 Å². The lowest BCUT2D eigenvalue weighted by molar-refractivity contribution is 0.0517. The molecule has 0 aromatic carbocycles. The molecule has 0 saturated carbocycles. The van der Waals surface area contributed by atoms with E-state index in [1.54, 1.807) is 19.3 Å². The second-order valence-electron chi connectivity index (χ2n) is 4.19. The number of nitrogens with zero attached hydrogens (tertiary/aromatic N) is 2. The SMILES string of the molecule is CCOC(=O)c1nc(NCCc2ncc[nH]2)sc1C(C)=O. The first-order chi connectivity index (χ1) is 10.1. The van der Waals surface area contributed by atoms with Crippen LogP contribution in [0.2, 0.25) is 0 Å². The quantitative estimate of drug-likeness (QED) is 0.599. The first-order valence-electron chi connectivity index (χ1n) is 6.52. The van der Waals surface area contributed by atoms with Gasteiger partial charge in [0.15, 0.2) is 16.6 Å². The van der Waals surface area contributed by atoms with Gasteiger partial charge in [0.05, 0.1) is 6.61 Å². The fraction of sp³-hybridized carbons (Fsp3) is 0.385. The smallest absolute Gasteiger partial charge is 0.358 e. The van der Waals surface area contributed by atoms with Gasteiger partial charge in [0.1, 0.15) is 10.7 Å². The zero-order valence-corrected chi connectivity index (χ0v) is 12.6. The number of thiazole rings is 1. The molecule has 2 aromatic heterocycles. The molecular weight excluding hydrogens is 292 g/mol. The van der Waals surface area contributed by atoms with Crippen molar-refractivity contribution in [2.45, 2.75) is 20.3 Å². The Hall–Kier alpha value is -2.22. The lowest BCUT2D eigenvalue weighted by Gasteiger charge is -2.00. The zero-order valence-electron chi connectivity index (χ0n) is 11.8. The number of aromatic amines is 1. The van der Waals surface area contributed by atoms with Gasteiger partial charge in [-0.05, 0) is 6.92 Å². The molecule has 0 aliphatic carbocycles. The van der Waals surface area contributed by atoms with Gasteiger partial charge in [-0.2, -0.15) is 0 Å². The summed E-state index contributed by atoms with van der Waals surface area (Å²) in [5, 5.41) is 3.61. The Labute approximate surface area is 125 Å². The Morgan fingerprint density at radius 1 is 1.48 bits per heavy atom. The van der Waals surface area contributed by atoms with E-state index in [1.165, 1.54) is 6.92 Å². The molecule has 0 aliphatic rings. The van der Waals surface area contributed by atoms with Crippen molar-refractivity contribution in [1.29, 1.82) is 0 Å². The number of ether oxygens (including phenoxy) is 1. The highest BCUT2D eigenvalue weighted by Gasteiger charge is 2.22. The van der Waals surface area contributed by atoms with Gasteiger partial charge < -0.3 is 15.0 Å². The molecule has 2 rings (SSSR count). The number of imidazole rings is 1. The number of hydrogen-bond acceptors (Lipinski definition) is 7. The fourth-order valence-electron chi connectivity index (χ4n) is 1.69. The molecule has 2 aromatic rings. The van der Waals surface area contributed by atoms with Gasteiger partial charge in [0, 0.05) is 32.3 Å². The molecule has 0 saturated heterocycles. The van der Waals surface area contributed by atoms with Crippen LogP contribution in [0.3, 0.4) is 0 Å². The minimum atomic E-state index is -0.571. The number of Topliss-reactive ketones (excluding diaryl/α,β-unsaturated/α-hetero) is 1. The number of rotatable bonds is 7. The molecule has 8 heteroatoms. The normalized spacial score (nSPS) is 10.4. The number of hydrogen-bond donors (Lipinski definition) is 2. The van der Waals surface area contributed by atoms with E-state index in [0.717, 1.165) is 17.2 Å². The highest BCUT2D eigenvalue weighted by Crippen LogP contribution is 2.24. The van der Waals surface area contributed by atoms with E-state index in [2.05, 4.69) is 20.3 Å². The molecule has 0 amide bonds. The maximum atomic E-state index is 11.8. The molecule has 2 heterocycles. The van der Waals surface area contributed by atoms with Crippen LogP contribution in [0.15, 0.2) is 12.4 Å². The molecule has 7 nitrogen and oxygen atoms in total. The number of nitrogens with one attached hydrogen (secondary N) is 2. The summed E-state index contributed by atoms with van der Waals surface area (Å²) in [6, 6.07) is 0. The molecule has 21 heavy (non-hydrogen) atoms. The zero-order chi connectivity index (χ0) is 15.2. The highest BCUT2D eigenvalue weighted by molar-refractivity contribution is 7.17. The van der Waals surface area contributed by atoms with E-state index in [4.69, 9.17) is 4.74 Å². The summed E-state index contributed by atoms with van der Waals surface area (Å²) in [5.74, 6) is 0.0872. The molecule has 0 atom stereocenters. The summed E-state index contributed by atoms with van der Waals surface area (Å²) >= 11 is 1.16. The Bertz CT molecular complexity index is 621. The lowest BCUT2D eigenvalue weighted by Crippen LogP contribution is -2.10. The summed E-state index contributed by atoms with van der Waals surface area (Å²) in [7, 11) is 0. The Morgan fingerprint density at radius 3 is 2.90 bits per heavy atom. The molecular formula is C13H16N4O3S. The van der Waals surface area contributed by atoms with E-state index in [1.807, 2.05) is 0 Å². The van der Waals surface area contributed by atoms with Gasteiger partial charge in [0.2, 0.25) is 0 Å². The van der Waals surface area contributed by atoms with Gasteiger partial charge in [-0.25, -0.2) is 14.8 Å². The van der Waals surface area contributed by atoms with Gasteiger partial charge in [-0.3, -0.25) is 4.79 Å². The Kier molecular flexibility index (Phi) is 5.04. The van der Waals surface area contributed by atoms with Crippen LogP contribution in [0.1, 0.15) is 39.8 Å². The van der Waals surface area contributed by atoms with Crippen molar-refractivity contribution in [2.75, 3.05) is 18.5 Å². The Morgan fingerprint density at radius 2 is 2.29 bits per heavy atom. The maximum absolute atomic E-state index is 11.8. The van der Waals surface area contributed by atoms with Crippen LogP contribution in [0.25, 0.3) is 0 Å². The molecule has 0 bridgehead atoms. The molecule has 0 radical (unpaired) electrons. The first kappa shape index (κ1) is 15.2. The monoisotopic (exact) mass is 308 g/mol. The third-order valence-electron chi connectivity index (χ3n) is 2.61. The number of H-pyrrole nitrogens is 1. The van der Waals surface area contributed by atoms with Crippen molar-refractivity contribution >= 4 is 28.2 Å². The largest absolute Gasteiger partial charge is 0.461 e. The molecule has 0 unspecified atom stereocenters. The second-order valence-corrected chi connectivity index (χ2v) is 5.19. The molecule has 0 spiro atoms. The minimum Gasteiger partial charge on any atom is -0.461 e. The third kappa shape index (κ3) is 3.88. The average molecular weight is 308 g/mol. The third-order valence-corrected chi connectivity index (χ3v) is 3.72. The number of anilines is 1. The van der Waals surface area contributed by atoms with Gasteiger partial charge in [0.25, 0.3) is 0 Å². The van der Waals surface area contributed by atoms with Crippen molar-refractivity contribution in [3.8, 4) is 0 Å². The van der Waals surface area contributed by atoms with Gasteiger partial charge >= 0.3 is 5.97 Å². The van der Waals surface area contributed by atoms with Crippen LogP contribution in [-0.4, -0.2) is 39.9 Å². The predicted molar refractivity (Wildman–Crippen MR) is 78.9 cm³/mol. The van der Waals surface area contributed by atoms with Crippen LogP contribution in [-0.2, 0) is 11.2 Å².